The number of carboxylic acid groups (broad SMARTS) is 1. The van der Waals surface area contributed by atoms with Gasteiger partial charge in [0, 0.05) is 49.9 Å². The van der Waals surface area contributed by atoms with E-state index < -0.39 is 11.4 Å². The molecule has 0 aliphatic carbocycles. The monoisotopic (exact) mass is 433 g/mol. The van der Waals surface area contributed by atoms with E-state index in [1.807, 2.05) is 16.7 Å². The van der Waals surface area contributed by atoms with Crippen molar-refractivity contribution in [2.75, 3.05) is 20.3 Å². The van der Waals surface area contributed by atoms with Crippen LogP contribution >= 0.6 is 11.6 Å². The van der Waals surface area contributed by atoms with Gasteiger partial charge in [0.25, 0.3) is 0 Å². The van der Waals surface area contributed by atoms with Crippen LogP contribution in [0.2, 0.25) is 5.02 Å². The van der Waals surface area contributed by atoms with Crippen molar-refractivity contribution in [1.82, 2.24) is 4.57 Å². The first-order chi connectivity index (χ1) is 14.1. The molecule has 0 fully saturated rings. The number of nitrogens with zero attached hydrogens (tertiary/aromatic N) is 1. The molecular formula is C23H28ClNO5. The van der Waals surface area contributed by atoms with E-state index in [1.54, 1.807) is 7.11 Å². The zero-order valence-electron chi connectivity index (χ0n) is 18.0. The van der Waals surface area contributed by atoms with Crippen LogP contribution in [-0.4, -0.2) is 36.0 Å². The number of benzene rings is 1. The van der Waals surface area contributed by atoms with Gasteiger partial charge >= 0.3 is 5.97 Å². The molecule has 30 heavy (non-hydrogen) atoms. The van der Waals surface area contributed by atoms with Gasteiger partial charge in [-0.3, -0.25) is 4.79 Å². The summed E-state index contributed by atoms with van der Waals surface area (Å²) in [5.74, 6) is -0.571. The first-order valence-electron chi connectivity index (χ1n) is 10.0. The molecule has 0 radical (unpaired) electrons. The second-order valence-corrected chi connectivity index (χ2v) is 9.22. The number of aromatic nitrogens is 1. The molecule has 2 aromatic rings. The summed E-state index contributed by atoms with van der Waals surface area (Å²) in [6.07, 6.45) is 2.22. The van der Waals surface area contributed by atoms with Gasteiger partial charge < -0.3 is 19.1 Å². The van der Waals surface area contributed by atoms with E-state index in [2.05, 4.69) is 27.7 Å². The second kappa shape index (κ2) is 8.44. The van der Waals surface area contributed by atoms with Crippen LogP contribution < -0.4 is 10.2 Å². The Bertz CT molecular complexity index is 1020. The van der Waals surface area contributed by atoms with E-state index >= 15 is 0 Å². The van der Waals surface area contributed by atoms with E-state index in [9.17, 15) is 14.7 Å². The summed E-state index contributed by atoms with van der Waals surface area (Å²) in [5.41, 5.74) is 1.60. The lowest BCUT2D eigenvalue weighted by Gasteiger charge is -2.43. The summed E-state index contributed by atoms with van der Waals surface area (Å²) in [4.78, 5) is 24.0. The molecule has 1 aliphatic rings. The molecule has 162 valence electrons. The maximum Gasteiger partial charge on any atom is 0.341 e. The fraction of sp³-hybridized carbons (Fsp3) is 0.478. The number of hydrogen-bond donors (Lipinski definition) is 1. The lowest BCUT2D eigenvalue weighted by Crippen LogP contribution is -2.35. The van der Waals surface area contributed by atoms with Gasteiger partial charge in [0.15, 0.2) is 5.43 Å². The Balaban J connectivity index is 2.18. The van der Waals surface area contributed by atoms with Gasteiger partial charge in [0.1, 0.15) is 11.3 Å². The highest BCUT2D eigenvalue weighted by molar-refractivity contribution is 6.32. The van der Waals surface area contributed by atoms with Gasteiger partial charge in [0.2, 0.25) is 0 Å². The zero-order valence-corrected chi connectivity index (χ0v) is 18.7. The number of hydrogen-bond acceptors (Lipinski definition) is 4. The van der Waals surface area contributed by atoms with Crippen molar-refractivity contribution in [3.63, 3.8) is 0 Å². The maximum absolute atomic E-state index is 12.5. The van der Waals surface area contributed by atoms with Crippen molar-refractivity contribution in [1.29, 1.82) is 0 Å². The van der Waals surface area contributed by atoms with Gasteiger partial charge in [-0.25, -0.2) is 4.79 Å². The zero-order chi connectivity index (χ0) is 22.2. The first-order valence-corrected chi connectivity index (χ1v) is 10.4. The van der Waals surface area contributed by atoms with E-state index in [1.165, 1.54) is 12.3 Å². The van der Waals surface area contributed by atoms with Crippen LogP contribution in [0.5, 0.6) is 5.75 Å². The minimum atomic E-state index is -1.22. The van der Waals surface area contributed by atoms with Crippen molar-refractivity contribution in [2.24, 2.45) is 5.41 Å². The third-order valence-corrected chi connectivity index (χ3v) is 5.89. The Labute approximate surface area is 181 Å². The van der Waals surface area contributed by atoms with Crippen molar-refractivity contribution >= 4 is 17.6 Å². The van der Waals surface area contributed by atoms with Crippen LogP contribution in [0.15, 0.2) is 29.2 Å². The first kappa shape index (κ1) is 22.4. The van der Waals surface area contributed by atoms with Crippen molar-refractivity contribution in [3.05, 3.63) is 50.8 Å². The lowest BCUT2D eigenvalue weighted by molar-refractivity contribution is 0.0693. The van der Waals surface area contributed by atoms with Crippen LogP contribution in [-0.2, 0) is 4.74 Å². The van der Waals surface area contributed by atoms with Gasteiger partial charge in [-0.2, -0.15) is 0 Å². The van der Waals surface area contributed by atoms with Gasteiger partial charge in [0.05, 0.1) is 17.3 Å². The van der Waals surface area contributed by atoms with E-state index in [0.717, 1.165) is 17.5 Å². The van der Waals surface area contributed by atoms with Crippen LogP contribution in [0.1, 0.15) is 62.0 Å². The van der Waals surface area contributed by atoms with Gasteiger partial charge in [-0.15, -0.1) is 0 Å². The molecule has 0 bridgehead atoms. The highest BCUT2D eigenvalue weighted by Gasteiger charge is 2.39. The highest BCUT2D eigenvalue weighted by Crippen LogP contribution is 2.51. The minimum absolute atomic E-state index is 0.0511. The SMILES string of the molecule is COCCCOc1cc2c(cc1Cl)-c1cc(=O)c(C(=O)O)cn1C(C(C)(C)C)[C@@H]2C. The minimum Gasteiger partial charge on any atom is -0.492 e. The molecule has 1 aromatic heterocycles. The fourth-order valence-electron chi connectivity index (χ4n) is 4.40. The molecule has 3 rings (SSSR count). The largest absolute Gasteiger partial charge is 0.492 e. The predicted molar refractivity (Wildman–Crippen MR) is 117 cm³/mol. The van der Waals surface area contributed by atoms with Crippen LogP contribution in [0.25, 0.3) is 11.3 Å². The predicted octanol–water partition coefficient (Wildman–Crippen LogP) is 4.99. The van der Waals surface area contributed by atoms with Crippen LogP contribution in [0.4, 0.5) is 0 Å². The number of carbonyl (C=O) groups is 1. The molecule has 1 aliphatic heterocycles. The number of halogens is 1. The second-order valence-electron chi connectivity index (χ2n) is 8.81. The number of rotatable bonds is 6. The van der Waals surface area contributed by atoms with E-state index in [4.69, 9.17) is 21.1 Å². The van der Waals surface area contributed by atoms with Crippen LogP contribution in [0, 0.1) is 5.41 Å². The summed E-state index contributed by atoms with van der Waals surface area (Å²) in [6, 6.07) is 5.11. The smallest absolute Gasteiger partial charge is 0.341 e. The number of methoxy groups -OCH3 is 1. The molecule has 1 aromatic carbocycles. The highest BCUT2D eigenvalue weighted by atomic mass is 35.5. The average molecular weight is 434 g/mol. The lowest BCUT2D eigenvalue weighted by atomic mass is 9.73. The van der Waals surface area contributed by atoms with Crippen LogP contribution in [0.3, 0.4) is 0 Å². The normalized spacial score (nSPS) is 17.9. The number of ether oxygens (including phenoxy) is 2. The Morgan fingerprint density at radius 2 is 1.93 bits per heavy atom. The summed E-state index contributed by atoms with van der Waals surface area (Å²) in [6.45, 7) is 9.53. The third-order valence-electron chi connectivity index (χ3n) is 5.59. The fourth-order valence-corrected chi connectivity index (χ4v) is 4.62. The summed E-state index contributed by atoms with van der Waals surface area (Å²) >= 11 is 6.50. The topological polar surface area (TPSA) is 77.8 Å². The number of fused-ring (bicyclic) bond motifs is 3. The quantitative estimate of drug-likeness (QED) is 0.649. The molecule has 0 amide bonds. The molecule has 1 N–H and O–H groups in total. The van der Waals surface area contributed by atoms with Crippen molar-refractivity contribution in [2.45, 2.75) is 46.1 Å². The Morgan fingerprint density at radius 1 is 1.23 bits per heavy atom. The Kier molecular flexibility index (Phi) is 6.29. The number of pyridine rings is 1. The third kappa shape index (κ3) is 4.12. The summed E-state index contributed by atoms with van der Waals surface area (Å²) in [5, 5.41) is 9.91. The summed E-state index contributed by atoms with van der Waals surface area (Å²) < 4.78 is 12.9. The Morgan fingerprint density at radius 3 is 2.53 bits per heavy atom. The molecule has 0 saturated carbocycles. The number of carboxylic acids is 1. The van der Waals surface area contributed by atoms with Crippen molar-refractivity contribution in [3.8, 4) is 17.0 Å². The Hall–Kier alpha value is -2.31. The molecule has 6 nitrogen and oxygen atoms in total. The van der Waals surface area contributed by atoms with E-state index in [-0.39, 0.29) is 22.9 Å². The molecular weight excluding hydrogens is 406 g/mol. The maximum atomic E-state index is 12.5. The molecule has 7 heteroatoms. The molecule has 2 heterocycles. The molecule has 2 atom stereocenters. The molecule has 0 saturated heterocycles. The summed E-state index contributed by atoms with van der Waals surface area (Å²) in [7, 11) is 1.65. The van der Waals surface area contributed by atoms with Gasteiger partial charge in [-0.05, 0) is 23.1 Å². The van der Waals surface area contributed by atoms with E-state index in [0.29, 0.717) is 29.7 Å². The number of aromatic carboxylic acids is 1. The molecule has 0 spiro atoms. The standard InChI is InChI=1S/C23H28ClNO5/c1-13-14-10-20(30-8-6-7-29-5)17(24)9-15(14)18-11-19(26)16(22(27)28)12-25(18)21(13)23(2,3)4/h9-13,21H,6-8H2,1-5H3,(H,27,28)/t13-,21?/m1/s1. The molecule has 1 unspecified atom stereocenters. The van der Waals surface area contributed by atoms with Gasteiger partial charge in [-0.1, -0.05) is 39.3 Å². The average Bonchev–Trinajstić information content (AvgIpc) is 2.65. The van der Waals surface area contributed by atoms with Crippen molar-refractivity contribution < 1.29 is 19.4 Å².